The molecule has 3 N–H and O–H groups in total. The fourth-order valence-electron chi connectivity index (χ4n) is 2.63. The number of benzene rings is 1. The van der Waals surface area contributed by atoms with Crippen molar-refractivity contribution in [2.24, 2.45) is 5.41 Å². The number of aryl methyl sites for hydroxylation is 1. The molecule has 116 valence electrons. The first-order chi connectivity index (χ1) is 9.78. The van der Waals surface area contributed by atoms with E-state index in [2.05, 4.69) is 24.5 Å². The Morgan fingerprint density at radius 3 is 2.29 bits per heavy atom. The summed E-state index contributed by atoms with van der Waals surface area (Å²) in [6, 6.07) is 7.37. The highest BCUT2D eigenvalue weighted by molar-refractivity contribution is 5.89. The van der Waals surface area contributed by atoms with Gasteiger partial charge in [0.05, 0.1) is 5.60 Å². The maximum Gasteiger partial charge on any atom is 0.319 e. The van der Waals surface area contributed by atoms with Crippen LogP contribution in [-0.4, -0.2) is 23.3 Å². The van der Waals surface area contributed by atoms with Gasteiger partial charge >= 0.3 is 6.03 Å². The lowest BCUT2D eigenvalue weighted by Gasteiger charge is -2.40. The average Bonchev–Trinajstić information content (AvgIpc) is 2.43. The van der Waals surface area contributed by atoms with Crippen molar-refractivity contribution in [2.75, 3.05) is 11.9 Å². The SMILES string of the molecule is Cc1ccc(NC(=O)NCC2(O)CCC(C)(C)CC2)cc1. The van der Waals surface area contributed by atoms with E-state index in [1.165, 1.54) is 0 Å². The van der Waals surface area contributed by atoms with Crippen molar-refractivity contribution >= 4 is 11.7 Å². The summed E-state index contributed by atoms with van der Waals surface area (Å²) in [6.45, 7) is 6.76. The summed E-state index contributed by atoms with van der Waals surface area (Å²) in [6.07, 6.45) is 3.46. The molecule has 1 aromatic rings. The molecule has 1 aliphatic carbocycles. The number of carbonyl (C=O) groups is 1. The van der Waals surface area contributed by atoms with Gasteiger partial charge in [-0.25, -0.2) is 4.79 Å². The molecule has 21 heavy (non-hydrogen) atoms. The Hall–Kier alpha value is -1.55. The van der Waals surface area contributed by atoms with Crippen LogP contribution in [0.25, 0.3) is 0 Å². The van der Waals surface area contributed by atoms with Crippen LogP contribution < -0.4 is 10.6 Å². The molecule has 4 heteroatoms. The molecule has 1 aromatic carbocycles. The van der Waals surface area contributed by atoms with Gasteiger partial charge < -0.3 is 15.7 Å². The van der Waals surface area contributed by atoms with Crippen LogP contribution in [0.2, 0.25) is 0 Å². The lowest BCUT2D eigenvalue weighted by molar-refractivity contribution is -0.0220. The van der Waals surface area contributed by atoms with Gasteiger partial charge in [0.2, 0.25) is 0 Å². The highest BCUT2D eigenvalue weighted by Crippen LogP contribution is 2.39. The molecule has 2 rings (SSSR count). The highest BCUT2D eigenvalue weighted by Gasteiger charge is 2.36. The molecule has 0 unspecified atom stereocenters. The molecule has 0 aliphatic heterocycles. The Bertz CT molecular complexity index is 484. The van der Waals surface area contributed by atoms with E-state index in [0.29, 0.717) is 12.0 Å². The molecule has 1 aliphatic rings. The Balaban J connectivity index is 1.80. The average molecular weight is 290 g/mol. The normalized spacial score (nSPS) is 19.8. The maximum atomic E-state index is 11.9. The number of anilines is 1. The van der Waals surface area contributed by atoms with E-state index in [9.17, 15) is 9.90 Å². The highest BCUT2D eigenvalue weighted by atomic mass is 16.3. The summed E-state index contributed by atoms with van der Waals surface area (Å²) in [5, 5.41) is 16.1. The minimum atomic E-state index is -0.764. The first-order valence-corrected chi connectivity index (χ1v) is 7.62. The van der Waals surface area contributed by atoms with Crippen molar-refractivity contribution in [3.8, 4) is 0 Å². The first-order valence-electron chi connectivity index (χ1n) is 7.62. The summed E-state index contributed by atoms with van der Waals surface area (Å²) in [5.41, 5.74) is 1.45. The topological polar surface area (TPSA) is 61.4 Å². The number of hydrogen-bond donors (Lipinski definition) is 3. The zero-order valence-corrected chi connectivity index (χ0v) is 13.2. The van der Waals surface area contributed by atoms with Crippen molar-refractivity contribution in [2.45, 2.75) is 52.1 Å². The Labute approximate surface area is 126 Å². The van der Waals surface area contributed by atoms with Gasteiger partial charge in [-0.3, -0.25) is 0 Å². The summed E-state index contributed by atoms with van der Waals surface area (Å²) < 4.78 is 0. The summed E-state index contributed by atoms with van der Waals surface area (Å²) in [7, 11) is 0. The number of rotatable bonds is 3. The van der Waals surface area contributed by atoms with Gasteiger partial charge in [-0.05, 0) is 50.2 Å². The zero-order valence-electron chi connectivity index (χ0n) is 13.2. The molecule has 0 radical (unpaired) electrons. The van der Waals surface area contributed by atoms with E-state index in [-0.39, 0.29) is 6.03 Å². The van der Waals surface area contributed by atoms with Gasteiger partial charge in [0, 0.05) is 12.2 Å². The molecule has 0 saturated heterocycles. The van der Waals surface area contributed by atoms with Crippen LogP contribution in [0.3, 0.4) is 0 Å². The van der Waals surface area contributed by atoms with Gasteiger partial charge in [0.25, 0.3) is 0 Å². The van der Waals surface area contributed by atoms with Gasteiger partial charge in [-0.15, -0.1) is 0 Å². The fourth-order valence-corrected chi connectivity index (χ4v) is 2.63. The van der Waals surface area contributed by atoms with Crippen LogP contribution in [0.1, 0.15) is 45.1 Å². The number of carbonyl (C=O) groups excluding carboxylic acids is 1. The first kappa shape index (κ1) is 15.8. The van der Waals surface area contributed by atoms with Gasteiger partial charge in [-0.1, -0.05) is 31.5 Å². The van der Waals surface area contributed by atoms with Gasteiger partial charge in [0.15, 0.2) is 0 Å². The molecule has 0 bridgehead atoms. The minimum absolute atomic E-state index is 0.267. The van der Waals surface area contributed by atoms with E-state index < -0.39 is 5.60 Å². The Morgan fingerprint density at radius 1 is 1.14 bits per heavy atom. The second kappa shape index (κ2) is 6.06. The third-order valence-electron chi connectivity index (χ3n) is 4.42. The van der Waals surface area contributed by atoms with Crippen molar-refractivity contribution < 1.29 is 9.90 Å². The monoisotopic (exact) mass is 290 g/mol. The van der Waals surface area contributed by atoms with Crippen molar-refractivity contribution in [1.29, 1.82) is 0 Å². The van der Waals surface area contributed by atoms with Crippen molar-refractivity contribution in [3.05, 3.63) is 29.8 Å². The van der Waals surface area contributed by atoms with Crippen molar-refractivity contribution in [3.63, 3.8) is 0 Å². The van der Waals surface area contributed by atoms with E-state index in [0.717, 1.165) is 36.9 Å². The molecule has 0 heterocycles. The number of urea groups is 1. The summed E-state index contributed by atoms with van der Waals surface area (Å²) >= 11 is 0. The molecular formula is C17H26N2O2. The second-order valence-electron chi connectivity index (χ2n) is 7.06. The molecule has 0 spiro atoms. The molecular weight excluding hydrogens is 264 g/mol. The third kappa shape index (κ3) is 4.74. The van der Waals surface area contributed by atoms with Gasteiger partial charge in [0.1, 0.15) is 0 Å². The summed E-state index contributed by atoms with van der Waals surface area (Å²) in [5.74, 6) is 0. The molecule has 0 aromatic heterocycles. The standard InChI is InChI=1S/C17H26N2O2/c1-13-4-6-14(7-5-13)19-15(20)18-12-17(21)10-8-16(2,3)9-11-17/h4-7,21H,8-12H2,1-3H3,(H2,18,19,20). The third-order valence-corrected chi connectivity index (χ3v) is 4.42. The minimum Gasteiger partial charge on any atom is -0.388 e. The smallest absolute Gasteiger partial charge is 0.319 e. The van der Waals surface area contributed by atoms with E-state index >= 15 is 0 Å². The molecule has 2 amide bonds. The molecule has 1 fully saturated rings. The quantitative estimate of drug-likeness (QED) is 0.798. The molecule has 0 atom stereocenters. The predicted octanol–water partition coefficient (Wildman–Crippen LogP) is 3.45. The van der Waals surface area contributed by atoms with E-state index in [1.54, 1.807) is 0 Å². The molecule has 4 nitrogen and oxygen atoms in total. The van der Waals surface area contributed by atoms with Crippen molar-refractivity contribution in [1.82, 2.24) is 5.32 Å². The zero-order chi connectivity index (χ0) is 15.5. The number of amides is 2. The van der Waals surface area contributed by atoms with Crippen LogP contribution in [0.15, 0.2) is 24.3 Å². The molecule has 1 saturated carbocycles. The predicted molar refractivity (Wildman–Crippen MR) is 85.4 cm³/mol. The van der Waals surface area contributed by atoms with Gasteiger partial charge in [-0.2, -0.15) is 0 Å². The number of nitrogens with one attached hydrogen (secondary N) is 2. The second-order valence-corrected chi connectivity index (χ2v) is 7.06. The summed E-state index contributed by atoms with van der Waals surface area (Å²) in [4.78, 5) is 11.9. The lowest BCUT2D eigenvalue weighted by atomic mass is 9.71. The Kier molecular flexibility index (Phi) is 4.57. The lowest BCUT2D eigenvalue weighted by Crippen LogP contribution is -2.47. The van der Waals surface area contributed by atoms with Crippen LogP contribution in [0.5, 0.6) is 0 Å². The largest absolute Gasteiger partial charge is 0.388 e. The Morgan fingerprint density at radius 2 is 1.71 bits per heavy atom. The number of hydrogen-bond acceptors (Lipinski definition) is 2. The van der Waals surface area contributed by atoms with E-state index in [4.69, 9.17) is 0 Å². The van der Waals surface area contributed by atoms with Crippen LogP contribution in [0, 0.1) is 12.3 Å². The maximum absolute atomic E-state index is 11.9. The van der Waals surface area contributed by atoms with E-state index in [1.807, 2.05) is 31.2 Å². The van der Waals surface area contributed by atoms with Crippen LogP contribution >= 0.6 is 0 Å². The number of aliphatic hydroxyl groups is 1. The fraction of sp³-hybridized carbons (Fsp3) is 0.588. The van der Waals surface area contributed by atoms with Crippen LogP contribution in [0.4, 0.5) is 10.5 Å². The van der Waals surface area contributed by atoms with Crippen LogP contribution in [-0.2, 0) is 0 Å².